The van der Waals surface area contributed by atoms with Crippen LogP contribution in [-0.4, -0.2) is 9.97 Å². The molecule has 0 saturated carbocycles. The molecule has 0 atom stereocenters. The zero-order valence-electron chi connectivity index (χ0n) is 12.9. The van der Waals surface area contributed by atoms with Crippen molar-refractivity contribution in [3.05, 3.63) is 77.0 Å². The van der Waals surface area contributed by atoms with Gasteiger partial charge in [0.1, 0.15) is 17.7 Å². The van der Waals surface area contributed by atoms with Crippen molar-refractivity contribution in [3.63, 3.8) is 0 Å². The molecule has 0 amide bonds. The molecule has 0 aliphatic carbocycles. The second kappa shape index (κ2) is 9.74. The van der Waals surface area contributed by atoms with E-state index in [1.165, 1.54) is 18.2 Å². The summed E-state index contributed by atoms with van der Waals surface area (Å²) in [4.78, 5) is 5.76. The van der Waals surface area contributed by atoms with Gasteiger partial charge in [0.2, 0.25) is 0 Å². The number of nitrogens with zero attached hydrogens (tertiary/aromatic N) is 2. The summed E-state index contributed by atoms with van der Waals surface area (Å²) in [6.45, 7) is 4.75. The van der Waals surface area contributed by atoms with Gasteiger partial charge in [0.05, 0.1) is 16.6 Å². The third kappa shape index (κ3) is 4.30. The molecule has 8 heteroatoms. The zero-order valence-corrected chi connectivity index (χ0v) is 15.5. The van der Waals surface area contributed by atoms with E-state index in [2.05, 4.69) is 25.9 Å². The van der Waals surface area contributed by atoms with Gasteiger partial charge >= 0.3 is 17.1 Å². The van der Waals surface area contributed by atoms with Crippen LogP contribution in [0.5, 0.6) is 0 Å². The van der Waals surface area contributed by atoms with Crippen molar-refractivity contribution in [2.45, 2.75) is 0 Å². The average molecular weight is 464 g/mol. The van der Waals surface area contributed by atoms with Gasteiger partial charge < -0.3 is 21.8 Å². The Labute approximate surface area is 167 Å². The molecule has 0 aliphatic rings. The molecule has 2 N–H and O–H groups in total. The summed E-state index contributed by atoms with van der Waals surface area (Å²) < 4.78 is 26.9. The second-order valence-electron chi connectivity index (χ2n) is 4.77. The first kappa shape index (κ1) is 21.4. The summed E-state index contributed by atoms with van der Waals surface area (Å²) in [6, 6.07) is 11.2. The molecule has 0 bridgehead atoms. The van der Waals surface area contributed by atoms with E-state index in [1.54, 1.807) is 30.6 Å². The Morgan fingerprint density at radius 2 is 1.35 bits per heavy atom. The minimum atomic E-state index is -0.301. The monoisotopic (exact) mass is 462 g/mol. The van der Waals surface area contributed by atoms with Gasteiger partial charge in [0, 0.05) is 27.6 Å². The fourth-order valence-electron chi connectivity index (χ4n) is 2.30. The van der Waals surface area contributed by atoms with Crippen molar-refractivity contribution in [3.8, 4) is 6.07 Å². The summed E-state index contributed by atoms with van der Waals surface area (Å²) >= 11 is 3.31. The van der Waals surface area contributed by atoms with Crippen LogP contribution in [0, 0.1) is 34.8 Å². The van der Waals surface area contributed by atoms with Crippen LogP contribution >= 0.6 is 15.9 Å². The van der Waals surface area contributed by atoms with E-state index in [1.807, 2.05) is 6.07 Å². The van der Waals surface area contributed by atoms with E-state index in [0.717, 1.165) is 9.99 Å². The Hall–Kier alpha value is -2.64. The van der Waals surface area contributed by atoms with Crippen molar-refractivity contribution < 1.29 is 25.8 Å². The zero-order chi connectivity index (χ0) is 18.4. The van der Waals surface area contributed by atoms with Gasteiger partial charge in [-0.2, -0.15) is 5.26 Å². The molecule has 0 saturated heterocycles. The minimum absolute atomic E-state index is 0. The standard InChI is InChI=1S/C9H5FN2.C8H5BrFN.CN.Cu/c10-8-2-1-6(5-11)9-7(8)3-4-12-9;9-6-1-2-7(10)5-3-4-11-8(5)6;1-2;/h1-4,12H;1-4,11H;;/q;;-1;+1. The number of nitriles is 1. The first-order valence-corrected chi connectivity index (χ1v) is 7.70. The fourth-order valence-corrected chi connectivity index (χ4v) is 2.76. The normalized spacial score (nSPS) is 9.23. The third-order valence-corrected chi connectivity index (χ3v) is 4.07. The molecule has 2 heterocycles. The number of hydrogen-bond acceptors (Lipinski definition) is 2. The number of aromatic amines is 2. The molecule has 26 heavy (non-hydrogen) atoms. The summed E-state index contributed by atoms with van der Waals surface area (Å²) in [5.41, 5.74) is 1.85. The Morgan fingerprint density at radius 1 is 0.846 bits per heavy atom. The first-order chi connectivity index (χ1) is 12.1. The molecule has 4 nitrogen and oxygen atoms in total. The van der Waals surface area contributed by atoms with Crippen LogP contribution in [-0.2, 0) is 17.1 Å². The number of aromatic nitrogens is 2. The number of hydrogen-bond donors (Lipinski definition) is 2. The van der Waals surface area contributed by atoms with Crippen LogP contribution < -0.4 is 0 Å². The van der Waals surface area contributed by atoms with Crippen LogP contribution in [0.3, 0.4) is 0 Å². The van der Waals surface area contributed by atoms with Crippen molar-refractivity contribution in [1.82, 2.24) is 9.97 Å². The van der Waals surface area contributed by atoms with Gasteiger partial charge in [-0.25, -0.2) is 8.78 Å². The van der Waals surface area contributed by atoms with Crippen molar-refractivity contribution in [2.24, 2.45) is 0 Å². The van der Waals surface area contributed by atoms with Crippen LogP contribution in [0.1, 0.15) is 5.56 Å². The summed E-state index contributed by atoms with van der Waals surface area (Å²) in [5, 5.41) is 16.0. The van der Waals surface area contributed by atoms with Gasteiger partial charge in [0.15, 0.2) is 0 Å². The van der Waals surface area contributed by atoms with E-state index in [0.29, 0.717) is 21.9 Å². The Kier molecular flexibility index (Phi) is 8.02. The van der Waals surface area contributed by atoms with E-state index < -0.39 is 0 Å². The van der Waals surface area contributed by atoms with Crippen LogP contribution in [0.4, 0.5) is 8.78 Å². The Bertz CT molecular complexity index is 1040. The van der Waals surface area contributed by atoms with Crippen LogP contribution in [0.25, 0.3) is 21.8 Å². The number of rotatable bonds is 0. The van der Waals surface area contributed by atoms with Crippen LogP contribution in [0.2, 0.25) is 0 Å². The maximum atomic E-state index is 13.0. The maximum absolute atomic E-state index is 13.0. The average Bonchev–Trinajstić information content (AvgIpc) is 3.31. The predicted octanol–water partition coefficient (Wildman–Crippen LogP) is 5.34. The predicted molar refractivity (Wildman–Crippen MR) is 93.9 cm³/mol. The van der Waals surface area contributed by atoms with Gasteiger partial charge in [-0.1, -0.05) is 0 Å². The molecule has 2 aromatic carbocycles. The van der Waals surface area contributed by atoms with Crippen molar-refractivity contribution in [2.75, 3.05) is 0 Å². The topological polar surface area (TPSA) is 79.2 Å². The molecule has 4 rings (SSSR count). The largest absolute Gasteiger partial charge is 1.00 e. The van der Waals surface area contributed by atoms with Gasteiger partial charge in [-0.3, -0.25) is 0 Å². The Balaban J connectivity index is 0.000000230. The molecule has 0 radical (unpaired) electrons. The van der Waals surface area contributed by atoms with Crippen molar-refractivity contribution in [1.29, 1.82) is 10.5 Å². The third-order valence-electron chi connectivity index (χ3n) is 3.41. The molecule has 0 spiro atoms. The molecule has 134 valence electrons. The quantitative estimate of drug-likeness (QED) is 0.273. The van der Waals surface area contributed by atoms with Crippen molar-refractivity contribution >= 4 is 37.7 Å². The molecule has 2 aromatic heterocycles. The number of halogens is 3. The van der Waals surface area contributed by atoms with E-state index in [9.17, 15) is 8.78 Å². The molecule has 0 aliphatic heterocycles. The SMILES string of the molecule is Fc1ccc(Br)c2[nH]ccc12.N#Cc1ccc(F)c2cc[nH]c12.[C-]#N.[Cu+]. The first-order valence-electron chi connectivity index (χ1n) is 6.91. The van der Waals surface area contributed by atoms with E-state index >= 15 is 0 Å². The molecule has 0 fully saturated rings. The van der Waals surface area contributed by atoms with E-state index in [-0.39, 0.29) is 28.7 Å². The molecule has 0 unspecified atom stereocenters. The van der Waals surface area contributed by atoms with Crippen LogP contribution in [0.15, 0.2) is 53.3 Å². The fraction of sp³-hybridized carbons (Fsp3) is 0. The van der Waals surface area contributed by atoms with E-state index in [4.69, 9.17) is 17.1 Å². The van der Waals surface area contributed by atoms with Gasteiger partial charge in [-0.15, -0.1) is 0 Å². The summed E-state index contributed by atoms with van der Waals surface area (Å²) in [5.74, 6) is -0.491. The van der Waals surface area contributed by atoms with Gasteiger partial charge in [-0.05, 0) is 52.3 Å². The smallest absolute Gasteiger partial charge is 0.512 e. The molecular weight excluding hydrogens is 454 g/mol. The number of H-pyrrole nitrogens is 2. The second-order valence-corrected chi connectivity index (χ2v) is 5.62. The summed E-state index contributed by atoms with van der Waals surface area (Å²) in [7, 11) is 0. The molecule has 4 aromatic rings. The number of nitrogens with one attached hydrogen (secondary N) is 2. The number of fused-ring (bicyclic) bond motifs is 2. The minimum Gasteiger partial charge on any atom is -0.512 e. The maximum Gasteiger partial charge on any atom is 1.00 e. The van der Waals surface area contributed by atoms with Gasteiger partial charge in [0.25, 0.3) is 0 Å². The Morgan fingerprint density at radius 3 is 1.88 bits per heavy atom. The summed E-state index contributed by atoms with van der Waals surface area (Å²) in [6.07, 6.45) is 3.34. The molecular formula is C18H10BrCuF2N4. The number of benzene rings is 2.